The zero-order valence-electron chi connectivity index (χ0n) is 9.65. The van der Waals surface area contributed by atoms with E-state index in [9.17, 15) is 14.7 Å². The maximum absolute atomic E-state index is 11.4. The molecule has 1 atom stereocenters. The van der Waals surface area contributed by atoms with Gasteiger partial charge in [0.25, 0.3) is 0 Å². The monoisotopic (exact) mass is 228 g/mol. The molecule has 1 unspecified atom stereocenters. The topological polar surface area (TPSA) is 72.8 Å². The molecular weight excluding hydrogens is 212 g/mol. The lowest BCUT2D eigenvalue weighted by Crippen LogP contribution is -2.45. The summed E-state index contributed by atoms with van der Waals surface area (Å²) in [4.78, 5) is 21.9. The smallest absolute Gasteiger partial charge is 0.228 e. The lowest BCUT2D eigenvalue weighted by molar-refractivity contribution is -0.248. The fourth-order valence-electron chi connectivity index (χ4n) is 1.47. The van der Waals surface area contributed by atoms with E-state index >= 15 is 0 Å². The molecule has 1 N–H and O–H groups in total. The average Bonchev–Trinajstić information content (AvgIpc) is 2.25. The Balaban J connectivity index is 3.02. The summed E-state index contributed by atoms with van der Waals surface area (Å²) in [6, 6.07) is 0. The molecule has 1 saturated heterocycles. The zero-order valence-corrected chi connectivity index (χ0v) is 9.65. The minimum absolute atomic E-state index is 0.0377. The predicted molar refractivity (Wildman–Crippen MR) is 55.9 cm³/mol. The van der Waals surface area contributed by atoms with Crippen LogP contribution in [0.1, 0.15) is 27.2 Å². The molecule has 1 rings (SSSR count). The largest absolute Gasteiger partial charge is 0.512 e. The van der Waals surface area contributed by atoms with Crippen LogP contribution in [-0.2, 0) is 19.1 Å². The van der Waals surface area contributed by atoms with Crippen LogP contribution in [-0.4, -0.2) is 35.7 Å². The molecule has 0 spiro atoms. The molecule has 0 saturated carbocycles. The summed E-state index contributed by atoms with van der Waals surface area (Å²) < 4.78 is 10.7. The highest BCUT2D eigenvalue weighted by molar-refractivity contribution is 6.28. The van der Waals surface area contributed by atoms with Crippen LogP contribution >= 0.6 is 0 Å². The Labute approximate surface area is 94.0 Å². The number of hydrogen-bond donors (Lipinski definition) is 1. The Bertz CT molecular complexity index is 329. The zero-order chi connectivity index (χ0) is 12.3. The van der Waals surface area contributed by atoms with E-state index in [2.05, 4.69) is 0 Å². The van der Waals surface area contributed by atoms with Crippen molar-refractivity contribution in [2.75, 3.05) is 6.61 Å². The van der Waals surface area contributed by atoms with Gasteiger partial charge in [-0.3, -0.25) is 9.59 Å². The molecule has 1 aliphatic heterocycles. The summed E-state index contributed by atoms with van der Waals surface area (Å²) in [6.07, 6.45) is -0.457. The Hall–Kier alpha value is -1.20. The summed E-state index contributed by atoms with van der Waals surface area (Å²) >= 11 is 0. The quantitative estimate of drug-likeness (QED) is 0.445. The molecule has 0 aromatic heterocycles. The van der Waals surface area contributed by atoms with Gasteiger partial charge in [-0.2, -0.15) is 0 Å². The van der Waals surface area contributed by atoms with Crippen LogP contribution < -0.4 is 0 Å². The van der Waals surface area contributed by atoms with Crippen LogP contribution in [0.5, 0.6) is 0 Å². The van der Waals surface area contributed by atoms with Crippen molar-refractivity contribution in [2.45, 2.75) is 39.1 Å². The standard InChI is InChI=1S/C11H16O5/c1-4-8(13)7-6-15-11(2,3)16-10(7)9(14)5-12/h5,10,13H,4,6H2,1-3H3. The number of aliphatic hydroxyl groups excluding tert-OH is 1. The first-order chi connectivity index (χ1) is 7.41. The fraction of sp³-hybridized carbons (Fsp3) is 0.636. The third-order valence-electron chi connectivity index (χ3n) is 2.37. The van der Waals surface area contributed by atoms with Crippen molar-refractivity contribution in [3.8, 4) is 0 Å². The lowest BCUT2D eigenvalue weighted by Gasteiger charge is -2.36. The molecule has 0 aromatic rings. The summed E-state index contributed by atoms with van der Waals surface area (Å²) in [7, 11) is 0. The first-order valence-corrected chi connectivity index (χ1v) is 5.13. The Morgan fingerprint density at radius 3 is 2.75 bits per heavy atom. The molecule has 1 fully saturated rings. The molecule has 1 aliphatic rings. The fourth-order valence-corrected chi connectivity index (χ4v) is 1.47. The van der Waals surface area contributed by atoms with Crippen molar-refractivity contribution in [2.24, 2.45) is 0 Å². The van der Waals surface area contributed by atoms with Crippen LogP contribution in [0.2, 0.25) is 0 Å². The average molecular weight is 228 g/mol. The number of aliphatic hydroxyl groups is 1. The highest BCUT2D eigenvalue weighted by Crippen LogP contribution is 2.28. The minimum atomic E-state index is -1.03. The van der Waals surface area contributed by atoms with Gasteiger partial charge in [0.05, 0.1) is 12.4 Å². The van der Waals surface area contributed by atoms with E-state index in [-0.39, 0.29) is 18.7 Å². The van der Waals surface area contributed by atoms with Gasteiger partial charge in [0.1, 0.15) is 0 Å². The van der Waals surface area contributed by atoms with Gasteiger partial charge < -0.3 is 14.6 Å². The number of ether oxygens (including phenoxy) is 2. The Morgan fingerprint density at radius 2 is 2.25 bits per heavy atom. The number of aldehydes is 1. The normalized spacial score (nSPS) is 27.3. The molecule has 16 heavy (non-hydrogen) atoms. The second-order valence-electron chi connectivity index (χ2n) is 4.03. The molecule has 0 aromatic carbocycles. The highest BCUT2D eigenvalue weighted by atomic mass is 16.7. The molecule has 5 heteroatoms. The van der Waals surface area contributed by atoms with Gasteiger partial charge in [0.2, 0.25) is 5.78 Å². The minimum Gasteiger partial charge on any atom is -0.512 e. The van der Waals surface area contributed by atoms with Gasteiger partial charge in [-0.15, -0.1) is 0 Å². The van der Waals surface area contributed by atoms with E-state index in [1.165, 1.54) is 0 Å². The molecule has 0 aliphatic carbocycles. The first-order valence-electron chi connectivity index (χ1n) is 5.13. The van der Waals surface area contributed by atoms with Gasteiger partial charge in [-0.25, -0.2) is 0 Å². The van der Waals surface area contributed by atoms with Crippen LogP contribution in [0.25, 0.3) is 0 Å². The SMILES string of the molecule is CCC(O)=C1COC(C)(C)OC1C(=O)C=O. The number of Topliss-reactive ketones (excluding diaryl/α,β-unsaturated/α-hetero) is 1. The van der Waals surface area contributed by atoms with Crippen LogP contribution in [0.15, 0.2) is 11.3 Å². The van der Waals surface area contributed by atoms with E-state index in [1.54, 1.807) is 20.8 Å². The summed E-state index contributed by atoms with van der Waals surface area (Å²) in [5, 5.41) is 9.62. The molecule has 5 nitrogen and oxygen atoms in total. The molecule has 0 bridgehead atoms. The lowest BCUT2D eigenvalue weighted by atomic mass is 10.0. The molecule has 1 heterocycles. The van der Waals surface area contributed by atoms with E-state index in [0.29, 0.717) is 12.0 Å². The molecule has 0 amide bonds. The van der Waals surface area contributed by atoms with Crippen molar-refractivity contribution < 1.29 is 24.2 Å². The Kier molecular flexibility index (Phi) is 3.83. The molecule has 0 radical (unpaired) electrons. The van der Waals surface area contributed by atoms with Crippen LogP contribution in [0.4, 0.5) is 0 Å². The van der Waals surface area contributed by atoms with Crippen molar-refractivity contribution >= 4 is 12.1 Å². The van der Waals surface area contributed by atoms with Crippen LogP contribution in [0.3, 0.4) is 0 Å². The Morgan fingerprint density at radius 1 is 1.62 bits per heavy atom. The highest BCUT2D eigenvalue weighted by Gasteiger charge is 2.38. The number of allylic oxidation sites excluding steroid dienone is 1. The number of ketones is 1. The number of carbonyl (C=O) groups excluding carboxylic acids is 2. The van der Waals surface area contributed by atoms with E-state index in [4.69, 9.17) is 9.47 Å². The van der Waals surface area contributed by atoms with E-state index < -0.39 is 17.7 Å². The van der Waals surface area contributed by atoms with Crippen molar-refractivity contribution in [1.29, 1.82) is 0 Å². The van der Waals surface area contributed by atoms with Crippen LogP contribution in [0, 0.1) is 0 Å². The third kappa shape index (κ3) is 2.68. The van der Waals surface area contributed by atoms with Gasteiger partial charge in [0, 0.05) is 12.0 Å². The third-order valence-corrected chi connectivity index (χ3v) is 2.37. The van der Waals surface area contributed by atoms with E-state index in [1.807, 2.05) is 0 Å². The van der Waals surface area contributed by atoms with E-state index in [0.717, 1.165) is 0 Å². The second-order valence-corrected chi connectivity index (χ2v) is 4.03. The second kappa shape index (κ2) is 4.76. The van der Waals surface area contributed by atoms with Gasteiger partial charge in [-0.05, 0) is 13.8 Å². The van der Waals surface area contributed by atoms with Crippen molar-refractivity contribution in [1.82, 2.24) is 0 Å². The maximum Gasteiger partial charge on any atom is 0.228 e. The molecular formula is C11H16O5. The summed E-state index contributed by atoms with van der Waals surface area (Å²) in [5.74, 6) is -1.59. The maximum atomic E-state index is 11.4. The first kappa shape index (κ1) is 12.9. The van der Waals surface area contributed by atoms with Crippen molar-refractivity contribution in [3.05, 3.63) is 11.3 Å². The summed E-state index contributed by atoms with van der Waals surface area (Å²) in [5.41, 5.74) is 0.332. The number of hydrogen-bond acceptors (Lipinski definition) is 5. The van der Waals surface area contributed by atoms with Crippen molar-refractivity contribution in [3.63, 3.8) is 0 Å². The van der Waals surface area contributed by atoms with Gasteiger partial charge in [-0.1, -0.05) is 6.92 Å². The summed E-state index contributed by atoms with van der Waals surface area (Å²) in [6.45, 7) is 5.14. The van der Waals surface area contributed by atoms with Gasteiger partial charge >= 0.3 is 0 Å². The van der Waals surface area contributed by atoms with Gasteiger partial charge in [0.15, 0.2) is 18.2 Å². The number of carbonyl (C=O) groups is 2. The predicted octanol–water partition coefficient (Wildman–Crippen LogP) is 1.13. The molecule has 90 valence electrons. The number of rotatable bonds is 3.